The highest BCUT2D eigenvalue weighted by Gasteiger charge is 2.14. The molecule has 0 saturated carbocycles. The Labute approximate surface area is 84.3 Å². The summed E-state index contributed by atoms with van der Waals surface area (Å²) in [5, 5.41) is 8.44. The van der Waals surface area contributed by atoms with Crippen LogP contribution < -0.4 is 0 Å². The second-order valence-corrected chi connectivity index (χ2v) is 3.60. The summed E-state index contributed by atoms with van der Waals surface area (Å²) in [5.41, 5.74) is -0.332. The number of hydrogen-bond acceptors (Lipinski definition) is 1. The molecule has 0 radical (unpaired) electrons. The summed E-state index contributed by atoms with van der Waals surface area (Å²) in [6.45, 7) is 0. The van der Waals surface area contributed by atoms with Gasteiger partial charge >= 0.3 is 0 Å². The van der Waals surface area contributed by atoms with Crippen LogP contribution in [0, 0.1) is 23.0 Å². The van der Waals surface area contributed by atoms with Crippen molar-refractivity contribution in [2.24, 2.45) is 0 Å². The second kappa shape index (κ2) is 3.50. The Hall–Kier alpha value is -0.470. The van der Waals surface area contributed by atoms with E-state index in [1.54, 1.807) is 6.07 Å². The molecule has 0 amide bonds. The standard InChI is InChI=1S/C7HBr2F2N/c8-4-1-5(10)6(9)3(2-12)7(4)11/h1H. The smallest absolute Gasteiger partial charge is 0.156 e. The number of nitriles is 1. The third kappa shape index (κ3) is 1.50. The minimum atomic E-state index is -0.759. The highest BCUT2D eigenvalue weighted by atomic mass is 79.9. The molecular weight excluding hydrogens is 296 g/mol. The normalized spacial score (nSPS) is 9.58. The van der Waals surface area contributed by atoms with Crippen molar-refractivity contribution in [1.82, 2.24) is 0 Å². The SMILES string of the molecule is N#Cc1c(F)c(Br)cc(F)c1Br. The zero-order valence-corrected chi connectivity index (χ0v) is 8.71. The van der Waals surface area contributed by atoms with Gasteiger partial charge in [0.1, 0.15) is 17.4 Å². The van der Waals surface area contributed by atoms with Crippen LogP contribution in [-0.4, -0.2) is 0 Å². The quantitative estimate of drug-likeness (QED) is 0.674. The average molecular weight is 297 g/mol. The molecule has 0 bridgehead atoms. The zero-order chi connectivity index (χ0) is 9.30. The molecule has 0 fully saturated rings. The summed E-state index contributed by atoms with van der Waals surface area (Å²) in [5.74, 6) is -1.43. The van der Waals surface area contributed by atoms with E-state index in [1.807, 2.05) is 0 Å². The molecule has 12 heavy (non-hydrogen) atoms. The third-order valence-electron chi connectivity index (χ3n) is 1.22. The van der Waals surface area contributed by atoms with Crippen LogP contribution in [0.4, 0.5) is 8.78 Å². The predicted molar refractivity (Wildman–Crippen MR) is 46.5 cm³/mol. The first kappa shape index (κ1) is 9.62. The topological polar surface area (TPSA) is 23.8 Å². The summed E-state index contributed by atoms with van der Waals surface area (Å²) >= 11 is 5.55. The summed E-state index contributed by atoms with van der Waals surface area (Å²) in [6.07, 6.45) is 0. The van der Waals surface area contributed by atoms with Crippen molar-refractivity contribution in [3.63, 3.8) is 0 Å². The van der Waals surface area contributed by atoms with Crippen molar-refractivity contribution in [3.05, 3.63) is 32.2 Å². The van der Waals surface area contributed by atoms with Gasteiger partial charge < -0.3 is 0 Å². The van der Waals surface area contributed by atoms with Crippen LogP contribution in [0.5, 0.6) is 0 Å². The molecule has 1 aromatic rings. The molecule has 62 valence electrons. The molecule has 0 unspecified atom stereocenters. The second-order valence-electron chi connectivity index (χ2n) is 1.95. The Morgan fingerprint density at radius 2 is 1.92 bits per heavy atom. The Bertz CT molecular complexity index is 344. The van der Waals surface area contributed by atoms with Gasteiger partial charge in [0.2, 0.25) is 0 Å². The van der Waals surface area contributed by atoms with Crippen LogP contribution in [0.2, 0.25) is 0 Å². The minimum Gasteiger partial charge on any atom is -0.206 e. The lowest BCUT2D eigenvalue weighted by molar-refractivity contribution is 0.585. The lowest BCUT2D eigenvalue weighted by atomic mass is 10.2. The van der Waals surface area contributed by atoms with Crippen LogP contribution >= 0.6 is 31.9 Å². The van der Waals surface area contributed by atoms with E-state index in [2.05, 4.69) is 31.9 Å². The fraction of sp³-hybridized carbons (Fsp3) is 0. The molecule has 0 aromatic heterocycles. The molecule has 0 aliphatic rings. The molecule has 1 aromatic carbocycles. The Kier molecular flexibility index (Phi) is 2.80. The maximum atomic E-state index is 13.0. The van der Waals surface area contributed by atoms with Gasteiger partial charge in [-0.3, -0.25) is 0 Å². The van der Waals surface area contributed by atoms with E-state index >= 15 is 0 Å². The molecule has 0 saturated heterocycles. The fourth-order valence-corrected chi connectivity index (χ4v) is 1.45. The van der Waals surface area contributed by atoms with Crippen molar-refractivity contribution >= 4 is 31.9 Å². The average Bonchev–Trinajstić information content (AvgIpc) is 2.02. The lowest BCUT2D eigenvalue weighted by Crippen LogP contribution is -1.91. The predicted octanol–water partition coefficient (Wildman–Crippen LogP) is 3.36. The minimum absolute atomic E-state index is 0.0558. The van der Waals surface area contributed by atoms with Crippen LogP contribution in [0.15, 0.2) is 15.0 Å². The largest absolute Gasteiger partial charge is 0.206 e. The molecule has 1 nitrogen and oxygen atoms in total. The third-order valence-corrected chi connectivity index (χ3v) is 2.58. The summed E-state index contributed by atoms with van der Waals surface area (Å²) in [6, 6.07) is 2.51. The van der Waals surface area contributed by atoms with Crippen molar-refractivity contribution in [1.29, 1.82) is 5.26 Å². The van der Waals surface area contributed by atoms with Crippen LogP contribution in [0.25, 0.3) is 0 Å². The molecular formula is C7HBr2F2N. The van der Waals surface area contributed by atoms with E-state index in [9.17, 15) is 8.78 Å². The van der Waals surface area contributed by atoms with Gasteiger partial charge in [0.15, 0.2) is 5.82 Å². The number of halogens is 4. The molecule has 0 aliphatic carbocycles. The first-order valence-corrected chi connectivity index (χ1v) is 4.39. The van der Waals surface area contributed by atoms with Gasteiger partial charge in [0.25, 0.3) is 0 Å². The number of benzene rings is 1. The Balaban J connectivity index is 3.56. The molecule has 0 atom stereocenters. The van der Waals surface area contributed by atoms with E-state index in [0.29, 0.717) is 0 Å². The van der Waals surface area contributed by atoms with E-state index in [4.69, 9.17) is 5.26 Å². The molecule has 0 aliphatic heterocycles. The first-order chi connectivity index (χ1) is 5.57. The molecule has 0 spiro atoms. The van der Waals surface area contributed by atoms with Crippen molar-refractivity contribution in [2.45, 2.75) is 0 Å². The Morgan fingerprint density at radius 1 is 1.33 bits per heavy atom. The summed E-state index contributed by atoms with van der Waals surface area (Å²) in [4.78, 5) is 0. The van der Waals surface area contributed by atoms with Crippen molar-refractivity contribution in [3.8, 4) is 6.07 Å². The van der Waals surface area contributed by atoms with Gasteiger partial charge in [-0.25, -0.2) is 8.78 Å². The van der Waals surface area contributed by atoms with Gasteiger partial charge in [-0.2, -0.15) is 5.26 Å². The maximum absolute atomic E-state index is 13.0. The van der Waals surface area contributed by atoms with E-state index in [0.717, 1.165) is 6.07 Å². The van der Waals surface area contributed by atoms with Crippen molar-refractivity contribution in [2.75, 3.05) is 0 Å². The van der Waals surface area contributed by atoms with Gasteiger partial charge in [0, 0.05) is 0 Å². The summed E-state index contributed by atoms with van der Waals surface area (Å²) < 4.78 is 25.6. The van der Waals surface area contributed by atoms with Crippen LogP contribution in [0.1, 0.15) is 5.56 Å². The van der Waals surface area contributed by atoms with Crippen LogP contribution in [0.3, 0.4) is 0 Å². The van der Waals surface area contributed by atoms with Crippen LogP contribution in [-0.2, 0) is 0 Å². The molecule has 5 heteroatoms. The highest BCUT2D eigenvalue weighted by molar-refractivity contribution is 9.11. The number of rotatable bonds is 0. The van der Waals surface area contributed by atoms with Crippen molar-refractivity contribution < 1.29 is 8.78 Å². The zero-order valence-electron chi connectivity index (χ0n) is 5.54. The Morgan fingerprint density at radius 3 is 2.42 bits per heavy atom. The van der Waals surface area contributed by atoms with E-state index < -0.39 is 11.6 Å². The van der Waals surface area contributed by atoms with Gasteiger partial charge in [0.05, 0.1) is 8.95 Å². The highest BCUT2D eigenvalue weighted by Crippen LogP contribution is 2.28. The summed E-state index contributed by atoms with van der Waals surface area (Å²) in [7, 11) is 0. The number of hydrogen-bond donors (Lipinski definition) is 0. The van der Waals surface area contributed by atoms with Gasteiger partial charge in [-0.15, -0.1) is 0 Å². The monoisotopic (exact) mass is 295 g/mol. The molecule has 0 heterocycles. The fourth-order valence-electron chi connectivity index (χ4n) is 0.671. The lowest BCUT2D eigenvalue weighted by Gasteiger charge is -2.00. The van der Waals surface area contributed by atoms with Gasteiger partial charge in [-0.1, -0.05) is 0 Å². The first-order valence-electron chi connectivity index (χ1n) is 2.81. The maximum Gasteiger partial charge on any atom is 0.156 e. The molecule has 0 N–H and O–H groups in total. The van der Waals surface area contributed by atoms with Gasteiger partial charge in [-0.05, 0) is 37.9 Å². The van der Waals surface area contributed by atoms with E-state index in [1.165, 1.54) is 0 Å². The molecule has 1 rings (SSSR count). The van der Waals surface area contributed by atoms with E-state index in [-0.39, 0.29) is 14.5 Å². The number of nitrogens with zero attached hydrogens (tertiary/aromatic N) is 1.